The molecule has 1 aliphatic heterocycles. The Balaban J connectivity index is 1.98. The minimum atomic E-state index is -1.23. The van der Waals surface area contributed by atoms with E-state index in [1.165, 1.54) is 6.92 Å². The summed E-state index contributed by atoms with van der Waals surface area (Å²) in [6.07, 6.45) is -1.23. The quantitative estimate of drug-likeness (QED) is 0.681. The minimum absolute atomic E-state index is 0.0538. The van der Waals surface area contributed by atoms with E-state index in [4.69, 9.17) is 0 Å². The van der Waals surface area contributed by atoms with Crippen molar-refractivity contribution in [3.8, 4) is 0 Å². The lowest BCUT2D eigenvalue weighted by Gasteiger charge is -2.40. The van der Waals surface area contributed by atoms with Crippen molar-refractivity contribution in [2.24, 2.45) is 11.8 Å². The molecule has 3 nitrogen and oxygen atoms in total. The van der Waals surface area contributed by atoms with Gasteiger partial charge in [0.15, 0.2) is 5.12 Å². The van der Waals surface area contributed by atoms with E-state index in [2.05, 4.69) is 5.32 Å². The van der Waals surface area contributed by atoms with E-state index in [1.54, 1.807) is 6.92 Å². The molecule has 0 aliphatic carbocycles. The van der Waals surface area contributed by atoms with Crippen LogP contribution in [-0.2, 0) is 9.59 Å². The minimum Gasteiger partial charge on any atom is -0.351 e. The molecule has 1 saturated heterocycles. The van der Waals surface area contributed by atoms with Gasteiger partial charge in [0.2, 0.25) is 5.91 Å². The maximum absolute atomic E-state index is 13.3. The Labute approximate surface area is 116 Å². The molecule has 1 amide bonds. The molecule has 0 unspecified atom stereocenters. The number of nitrogens with one attached hydrogen (secondary N) is 1. The van der Waals surface area contributed by atoms with Crippen LogP contribution in [0.3, 0.4) is 0 Å². The fraction of sp³-hybridized carbons (Fsp3) is 0.429. The second kappa shape index (κ2) is 5.74. The van der Waals surface area contributed by atoms with E-state index in [9.17, 15) is 14.0 Å². The second-order valence-corrected chi connectivity index (χ2v) is 5.84. The molecule has 0 radical (unpaired) electrons. The van der Waals surface area contributed by atoms with Gasteiger partial charge in [-0.25, -0.2) is 4.39 Å². The van der Waals surface area contributed by atoms with Gasteiger partial charge in [0, 0.05) is 10.8 Å². The summed E-state index contributed by atoms with van der Waals surface area (Å²) in [6.45, 7) is 3.09. The van der Waals surface area contributed by atoms with Crippen LogP contribution in [0.25, 0.3) is 0 Å². The summed E-state index contributed by atoms with van der Waals surface area (Å²) in [5.74, 6) is -1.40. The molecule has 102 valence electrons. The van der Waals surface area contributed by atoms with Gasteiger partial charge in [-0.1, -0.05) is 36.9 Å². The van der Waals surface area contributed by atoms with E-state index in [0.29, 0.717) is 0 Å². The van der Waals surface area contributed by atoms with Crippen molar-refractivity contribution in [1.82, 2.24) is 5.32 Å². The zero-order valence-corrected chi connectivity index (χ0v) is 11.6. The van der Waals surface area contributed by atoms with E-state index in [-0.39, 0.29) is 11.0 Å². The number of benzene rings is 1. The third-order valence-electron chi connectivity index (χ3n) is 3.37. The number of halogens is 1. The van der Waals surface area contributed by atoms with Gasteiger partial charge in [0.25, 0.3) is 0 Å². The zero-order chi connectivity index (χ0) is 14.0. The van der Waals surface area contributed by atoms with E-state index in [1.807, 2.05) is 30.3 Å². The number of rotatable bonds is 4. The zero-order valence-electron chi connectivity index (χ0n) is 10.8. The van der Waals surface area contributed by atoms with Gasteiger partial charge in [0.1, 0.15) is 6.17 Å². The first-order valence-electron chi connectivity index (χ1n) is 6.22. The van der Waals surface area contributed by atoms with Crippen LogP contribution >= 0.6 is 11.8 Å². The molecule has 1 aliphatic rings. The summed E-state index contributed by atoms with van der Waals surface area (Å²) >= 11 is 1.13. The highest BCUT2D eigenvalue weighted by Crippen LogP contribution is 2.31. The number of amides is 1. The maximum atomic E-state index is 13.3. The highest BCUT2D eigenvalue weighted by Gasteiger charge is 2.47. The molecule has 0 aromatic heterocycles. The maximum Gasteiger partial charge on any atom is 0.228 e. The Morgan fingerprint density at radius 3 is 2.47 bits per heavy atom. The van der Waals surface area contributed by atoms with Gasteiger partial charge in [-0.15, -0.1) is 0 Å². The van der Waals surface area contributed by atoms with Crippen molar-refractivity contribution in [1.29, 1.82) is 0 Å². The summed E-state index contributed by atoms with van der Waals surface area (Å²) < 4.78 is 13.3. The lowest BCUT2D eigenvalue weighted by molar-refractivity contribution is -0.141. The fourth-order valence-electron chi connectivity index (χ4n) is 2.19. The summed E-state index contributed by atoms with van der Waals surface area (Å²) in [5, 5.41) is 2.57. The average molecular weight is 281 g/mol. The Morgan fingerprint density at radius 2 is 1.95 bits per heavy atom. The van der Waals surface area contributed by atoms with Gasteiger partial charge < -0.3 is 5.32 Å². The molecule has 1 N–H and O–H groups in total. The average Bonchev–Trinajstić information content (AvgIpc) is 2.35. The summed E-state index contributed by atoms with van der Waals surface area (Å²) in [5.41, 5.74) is 0. The summed E-state index contributed by atoms with van der Waals surface area (Å²) in [7, 11) is 0. The first-order chi connectivity index (χ1) is 9.00. The first-order valence-corrected chi connectivity index (χ1v) is 7.03. The number of alkyl halides is 1. The lowest BCUT2D eigenvalue weighted by atomic mass is 9.80. The normalized spacial score (nSPS) is 25.1. The standard InChI is InChI=1S/C14H16FNO2S/c1-8(12-11(9(2)15)13(17)16-12)14(18)19-10-6-4-3-5-7-10/h3-9,11-12H,1-2H3,(H,16,17)/t8-,9+,11+,12-/m0/s1. The van der Waals surface area contributed by atoms with Gasteiger partial charge >= 0.3 is 0 Å². The molecular weight excluding hydrogens is 265 g/mol. The topological polar surface area (TPSA) is 46.2 Å². The Kier molecular flexibility index (Phi) is 4.24. The predicted octanol–water partition coefficient (Wildman–Crippen LogP) is 2.41. The highest BCUT2D eigenvalue weighted by molar-refractivity contribution is 8.13. The number of hydrogen-bond donors (Lipinski definition) is 1. The molecule has 1 fully saturated rings. The second-order valence-electron chi connectivity index (χ2n) is 4.76. The SMILES string of the molecule is C[C@H](C(=O)Sc1ccccc1)[C@@H]1NC(=O)[C@@H]1[C@@H](C)F. The van der Waals surface area contributed by atoms with Crippen molar-refractivity contribution in [2.45, 2.75) is 31.0 Å². The first kappa shape index (κ1) is 14.1. The molecule has 1 aromatic rings. The largest absolute Gasteiger partial charge is 0.351 e. The van der Waals surface area contributed by atoms with E-state index < -0.39 is 24.0 Å². The van der Waals surface area contributed by atoms with Crippen molar-refractivity contribution in [3.63, 3.8) is 0 Å². The van der Waals surface area contributed by atoms with Crippen LogP contribution in [0.2, 0.25) is 0 Å². The molecule has 4 atom stereocenters. The third kappa shape index (κ3) is 2.97. The highest BCUT2D eigenvalue weighted by atomic mass is 32.2. The van der Waals surface area contributed by atoms with Crippen LogP contribution in [-0.4, -0.2) is 23.2 Å². The van der Waals surface area contributed by atoms with Crippen LogP contribution in [0, 0.1) is 11.8 Å². The third-order valence-corrected chi connectivity index (χ3v) is 4.45. The van der Waals surface area contributed by atoms with Gasteiger partial charge in [-0.05, 0) is 19.1 Å². The molecular formula is C14H16FNO2S. The van der Waals surface area contributed by atoms with Gasteiger partial charge in [0.05, 0.1) is 12.0 Å². The Hall–Kier alpha value is -1.36. The van der Waals surface area contributed by atoms with Crippen molar-refractivity contribution < 1.29 is 14.0 Å². The number of hydrogen-bond acceptors (Lipinski definition) is 3. The fourth-order valence-corrected chi connectivity index (χ4v) is 3.05. The van der Waals surface area contributed by atoms with Gasteiger partial charge in [-0.2, -0.15) is 0 Å². The molecule has 0 spiro atoms. The van der Waals surface area contributed by atoms with Crippen LogP contribution in [0.5, 0.6) is 0 Å². The van der Waals surface area contributed by atoms with Gasteiger partial charge in [-0.3, -0.25) is 9.59 Å². The molecule has 1 aromatic carbocycles. The summed E-state index contributed by atoms with van der Waals surface area (Å²) in [6, 6.07) is 8.91. The van der Waals surface area contributed by atoms with E-state index in [0.717, 1.165) is 16.7 Å². The van der Waals surface area contributed by atoms with Crippen LogP contribution in [0.4, 0.5) is 4.39 Å². The molecule has 1 heterocycles. The number of thioether (sulfide) groups is 1. The Morgan fingerprint density at radius 1 is 1.32 bits per heavy atom. The molecule has 5 heteroatoms. The Bertz CT molecular complexity index is 478. The molecule has 0 saturated carbocycles. The van der Waals surface area contributed by atoms with Crippen LogP contribution in [0.15, 0.2) is 35.2 Å². The molecule has 2 rings (SSSR count). The van der Waals surface area contributed by atoms with Crippen molar-refractivity contribution in [2.75, 3.05) is 0 Å². The van der Waals surface area contributed by atoms with Crippen molar-refractivity contribution in [3.05, 3.63) is 30.3 Å². The number of β-lactam (4-membered cyclic amide) rings is 1. The predicted molar refractivity (Wildman–Crippen MR) is 72.5 cm³/mol. The van der Waals surface area contributed by atoms with E-state index >= 15 is 0 Å². The number of carbonyl (C=O) groups excluding carboxylic acids is 2. The number of carbonyl (C=O) groups is 2. The summed E-state index contributed by atoms with van der Waals surface area (Å²) in [4.78, 5) is 24.3. The molecule has 19 heavy (non-hydrogen) atoms. The van der Waals surface area contributed by atoms with Crippen LogP contribution in [0.1, 0.15) is 13.8 Å². The monoisotopic (exact) mass is 281 g/mol. The van der Waals surface area contributed by atoms with Crippen LogP contribution < -0.4 is 5.32 Å². The lowest BCUT2D eigenvalue weighted by Crippen LogP contribution is -2.64. The molecule has 0 bridgehead atoms. The smallest absolute Gasteiger partial charge is 0.228 e. The van der Waals surface area contributed by atoms with Crippen molar-refractivity contribution >= 4 is 22.8 Å².